The number of H-pyrrole nitrogens is 1. The summed E-state index contributed by atoms with van der Waals surface area (Å²) in [6.07, 6.45) is 5.95. The molecule has 1 amide bonds. The number of nitrogens with one attached hydrogen (secondary N) is 2. The summed E-state index contributed by atoms with van der Waals surface area (Å²) in [6, 6.07) is 4.58. The maximum atomic E-state index is 12.6. The molecule has 0 fully saturated rings. The number of benzene rings is 1. The van der Waals surface area contributed by atoms with Crippen molar-refractivity contribution in [3.05, 3.63) is 35.1 Å². The number of carbonyl (C=O) groups excluding carboxylic acids is 1. The third-order valence-electron chi connectivity index (χ3n) is 6.60. The molecule has 0 bridgehead atoms. The Morgan fingerprint density at radius 3 is 2.82 bits per heavy atom. The van der Waals surface area contributed by atoms with E-state index in [1.165, 1.54) is 10.4 Å². The molecule has 0 saturated heterocycles. The average Bonchev–Trinajstić information content (AvgIpc) is 3.40. The van der Waals surface area contributed by atoms with Crippen LogP contribution in [0.1, 0.15) is 30.7 Å². The van der Waals surface area contributed by atoms with Gasteiger partial charge in [-0.2, -0.15) is 5.10 Å². The second-order valence-corrected chi connectivity index (χ2v) is 10.3. The van der Waals surface area contributed by atoms with Crippen molar-refractivity contribution in [2.75, 3.05) is 31.4 Å². The van der Waals surface area contributed by atoms with Gasteiger partial charge in [0.1, 0.15) is 17.0 Å². The minimum atomic E-state index is 0.0414. The first kappa shape index (κ1) is 21.6. The first-order chi connectivity index (χ1) is 15.8. The molecule has 0 saturated carbocycles. The second kappa shape index (κ2) is 8.30. The molecule has 0 radical (unpaired) electrons. The van der Waals surface area contributed by atoms with Crippen LogP contribution in [-0.2, 0) is 17.6 Å². The van der Waals surface area contributed by atoms with Crippen molar-refractivity contribution in [2.45, 2.75) is 39.2 Å². The largest absolute Gasteiger partial charge is 0.370 e. The maximum Gasteiger partial charge on any atom is 0.225 e. The number of thiophene rings is 1. The Morgan fingerprint density at radius 2 is 2.06 bits per heavy atom. The van der Waals surface area contributed by atoms with Gasteiger partial charge in [0.05, 0.1) is 28.5 Å². The predicted octanol–water partition coefficient (Wildman–Crippen LogP) is 4.35. The van der Waals surface area contributed by atoms with E-state index in [9.17, 15) is 4.79 Å². The van der Waals surface area contributed by atoms with Crippen LogP contribution in [0.15, 0.2) is 24.7 Å². The highest BCUT2D eigenvalue weighted by Gasteiger charge is 2.30. The zero-order valence-corrected chi connectivity index (χ0v) is 20.5. The molecule has 4 aromatic rings. The summed E-state index contributed by atoms with van der Waals surface area (Å²) in [5, 5.41) is 13.0. The van der Waals surface area contributed by atoms with E-state index in [0.717, 1.165) is 57.6 Å². The Bertz CT molecular complexity index is 1340. The van der Waals surface area contributed by atoms with E-state index >= 15 is 0 Å². The minimum Gasteiger partial charge on any atom is -0.370 e. The normalized spacial score (nSPS) is 15.8. The van der Waals surface area contributed by atoms with E-state index in [1.54, 1.807) is 22.6 Å². The van der Waals surface area contributed by atoms with Crippen molar-refractivity contribution < 1.29 is 4.79 Å². The number of amides is 1. The number of hydrogen-bond donors (Lipinski definition) is 2. The standard InChI is InChI=1S/C24H29N7OS/c1-13(2)31(5)19-10-17-15(11-27-29-17)8-18(19)28-22-21-16-7-6-14(24(32)30(3)4)9-20(16)33-23(21)26-12-25-22/h8,10-14H,6-7,9H2,1-5H3,(H,27,29)(H,25,26,28). The Kier molecular flexibility index (Phi) is 5.44. The molecule has 9 heteroatoms. The van der Waals surface area contributed by atoms with Crippen molar-refractivity contribution in [3.8, 4) is 0 Å². The molecule has 8 nitrogen and oxygen atoms in total. The zero-order chi connectivity index (χ0) is 23.3. The fourth-order valence-electron chi connectivity index (χ4n) is 4.56. The van der Waals surface area contributed by atoms with Crippen LogP contribution in [0.4, 0.5) is 17.2 Å². The van der Waals surface area contributed by atoms with Gasteiger partial charge in [0.25, 0.3) is 0 Å². The lowest BCUT2D eigenvalue weighted by molar-refractivity contribution is -0.133. The fraction of sp³-hybridized carbons (Fsp3) is 0.417. The van der Waals surface area contributed by atoms with Gasteiger partial charge in [-0.3, -0.25) is 9.89 Å². The lowest BCUT2D eigenvalue weighted by atomic mass is 9.87. The first-order valence-corrected chi connectivity index (χ1v) is 12.1. The number of fused-ring (bicyclic) bond motifs is 4. The van der Waals surface area contributed by atoms with E-state index in [2.05, 4.69) is 63.4 Å². The summed E-state index contributed by atoms with van der Waals surface area (Å²) in [5.74, 6) is 1.06. The number of aromatic nitrogens is 4. The van der Waals surface area contributed by atoms with Gasteiger partial charge in [-0.1, -0.05) is 0 Å². The molecule has 2 N–H and O–H groups in total. The van der Waals surface area contributed by atoms with E-state index in [4.69, 9.17) is 0 Å². The van der Waals surface area contributed by atoms with Crippen molar-refractivity contribution in [3.63, 3.8) is 0 Å². The number of aromatic amines is 1. The molecule has 3 aromatic heterocycles. The van der Waals surface area contributed by atoms with Crippen LogP contribution < -0.4 is 10.2 Å². The predicted molar refractivity (Wildman–Crippen MR) is 135 cm³/mol. The van der Waals surface area contributed by atoms with Gasteiger partial charge in [-0.15, -0.1) is 11.3 Å². The molecule has 1 atom stereocenters. The molecule has 3 heterocycles. The van der Waals surface area contributed by atoms with Gasteiger partial charge in [-0.25, -0.2) is 9.97 Å². The quantitative estimate of drug-likeness (QED) is 0.457. The van der Waals surface area contributed by atoms with Crippen LogP contribution in [0.2, 0.25) is 0 Å². The van der Waals surface area contributed by atoms with Crippen molar-refractivity contribution >= 4 is 55.6 Å². The molecule has 1 unspecified atom stereocenters. The highest BCUT2D eigenvalue weighted by Crippen LogP contribution is 2.42. The second-order valence-electron chi connectivity index (χ2n) is 9.23. The molecule has 5 rings (SSSR count). The van der Waals surface area contributed by atoms with Crippen molar-refractivity contribution in [1.82, 2.24) is 25.1 Å². The van der Waals surface area contributed by atoms with Gasteiger partial charge in [0.2, 0.25) is 5.91 Å². The van der Waals surface area contributed by atoms with Gasteiger partial charge in [0.15, 0.2) is 0 Å². The minimum absolute atomic E-state index is 0.0414. The molecule has 172 valence electrons. The van der Waals surface area contributed by atoms with E-state index in [1.807, 2.05) is 20.3 Å². The molecule has 33 heavy (non-hydrogen) atoms. The number of carbonyl (C=O) groups is 1. The summed E-state index contributed by atoms with van der Waals surface area (Å²) in [6.45, 7) is 4.34. The van der Waals surface area contributed by atoms with Crippen LogP contribution in [0.25, 0.3) is 21.1 Å². The van der Waals surface area contributed by atoms with Gasteiger partial charge in [-0.05, 0) is 50.8 Å². The highest BCUT2D eigenvalue weighted by molar-refractivity contribution is 7.19. The summed E-state index contributed by atoms with van der Waals surface area (Å²) >= 11 is 1.69. The molecule has 1 aliphatic carbocycles. The van der Waals surface area contributed by atoms with Crippen LogP contribution in [-0.4, -0.2) is 58.2 Å². The molecule has 0 spiro atoms. The molecular formula is C24H29N7OS. The number of hydrogen-bond acceptors (Lipinski definition) is 7. The molecule has 1 aromatic carbocycles. The average molecular weight is 464 g/mol. The summed E-state index contributed by atoms with van der Waals surface area (Å²) < 4.78 is 0. The van der Waals surface area contributed by atoms with Gasteiger partial charge in [0, 0.05) is 43.4 Å². The third kappa shape index (κ3) is 3.80. The number of rotatable bonds is 5. The maximum absolute atomic E-state index is 12.6. The molecule has 0 aliphatic heterocycles. The lowest BCUT2D eigenvalue weighted by Gasteiger charge is -2.27. The Balaban J connectivity index is 1.57. The van der Waals surface area contributed by atoms with Crippen LogP contribution in [0.3, 0.4) is 0 Å². The van der Waals surface area contributed by atoms with Crippen molar-refractivity contribution in [1.29, 1.82) is 0 Å². The van der Waals surface area contributed by atoms with E-state index in [-0.39, 0.29) is 11.8 Å². The van der Waals surface area contributed by atoms with Gasteiger partial charge < -0.3 is 15.1 Å². The number of anilines is 3. The van der Waals surface area contributed by atoms with E-state index < -0.39 is 0 Å². The lowest BCUT2D eigenvalue weighted by Crippen LogP contribution is -2.32. The summed E-state index contributed by atoms with van der Waals surface area (Å²) in [5.41, 5.74) is 4.34. The van der Waals surface area contributed by atoms with Gasteiger partial charge >= 0.3 is 0 Å². The third-order valence-corrected chi connectivity index (χ3v) is 7.76. The highest BCUT2D eigenvalue weighted by atomic mass is 32.1. The Hall–Kier alpha value is -3.20. The number of aryl methyl sites for hydroxylation is 1. The smallest absolute Gasteiger partial charge is 0.225 e. The van der Waals surface area contributed by atoms with Crippen LogP contribution in [0.5, 0.6) is 0 Å². The first-order valence-electron chi connectivity index (χ1n) is 11.3. The molecule has 1 aliphatic rings. The SMILES string of the molecule is CC(C)N(C)c1cc2[nH]ncc2cc1Nc1ncnc2sc3c(c12)CCC(C(=O)N(C)C)C3. The number of nitrogens with zero attached hydrogens (tertiary/aromatic N) is 5. The van der Waals surface area contributed by atoms with Crippen molar-refractivity contribution in [2.24, 2.45) is 5.92 Å². The fourth-order valence-corrected chi connectivity index (χ4v) is 5.83. The van der Waals surface area contributed by atoms with Crippen LogP contribution in [0, 0.1) is 5.92 Å². The monoisotopic (exact) mass is 463 g/mol. The molecular weight excluding hydrogens is 434 g/mol. The summed E-state index contributed by atoms with van der Waals surface area (Å²) in [7, 11) is 5.76. The zero-order valence-electron chi connectivity index (χ0n) is 19.6. The van der Waals surface area contributed by atoms with E-state index in [0.29, 0.717) is 6.04 Å². The topological polar surface area (TPSA) is 90.0 Å². The summed E-state index contributed by atoms with van der Waals surface area (Å²) in [4.78, 5) is 27.9. The Morgan fingerprint density at radius 1 is 1.24 bits per heavy atom. The Labute approximate surface area is 197 Å². The van der Waals surface area contributed by atoms with Crippen LogP contribution >= 0.6 is 11.3 Å².